The fourth-order valence-corrected chi connectivity index (χ4v) is 13.6. The molecule has 0 unspecified atom stereocenters. The zero-order chi connectivity index (χ0) is 49.2. The molecule has 12 aromatic carbocycles. The van der Waals surface area contributed by atoms with E-state index in [2.05, 4.69) is 264 Å². The van der Waals surface area contributed by atoms with Gasteiger partial charge in [-0.15, -0.1) is 0 Å². The van der Waals surface area contributed by atoms with E-state index in [9.17, 15) is 0 Å². The van der Waals surface area contributed by atoms with Crippen LogP contribution in [-0.2, 0) is 5.41 Å². The minimum Gasteiger partial charge on any atom is -0.309 e. The van der Waals surface area contributed by atoms with E-state index in [0.717, 1.165) is 0 Å². The molecule has 2 aromatic heterocycles. The molecule has 14 aromatic rings. The summed E-state index contributed by atoms with van der Waals surface area (Å²) < 4.78 is 4.84. The Bertz CT molecular complexity index is 4340. The Kier molecular flexibility index (Phi) is 9.24. The Labute approximate surface area is 436 Å². The van der Waals surface area contributed by atoms with Crippen LogP contribution in [-0.4, -0.2) is 9.13 Å². The lowest BCUT2D eigenvalue weighted by Gasteiger charge is -2.27. The number of nitrogens with zero attached hydrogens (tertiary/aromatic N) is 2. The minimum atomic E-state index is 0.0411. The summed E-state index contributed by atoms with van der Waals surface area (Å²) in [6, 6.07) is 95.6. The molecule has 1 spiro atoms. The first-order valence-corrected chi connectivity index (χ1v) is 26.7. The van der Waals surface area contributed by atoms with Crippen molar-refractivity contribution in [1.82, 2.24) is 9.13 Å². The van der Waals surface area contributed by atoms with Crippen molar-refractivity contribution in [3.05, 3.63) is 266 Å². The number of para-hydroxylation sites is 2. The quantitative estimate of drug-likeness (QED) is 0.157. The van der Waals surface area contributed by atoms with E-state index < -0.39 is 0 Å². The highest BCUT2D eigenvalue weighted by molar-refractivity contribution is 6.12. The van der Waals surface area contributed by atoms with Gasteiger partial charge in [-0.2, -0.15) is 0 Å². The lowest BCUT2D eigenvalue weighted by atomic mass is 9.75. The van der Waals surface area contributed by atoms with Gasteiger partial charge in [-0.1, -0.05) is 195 Å². The average molecular weight is 955 g/mol. The molecule has 2 heterocycles. The largest absolute Gasteiger partial charge is 0.309 e. The molecular formula is C73H50N2. The van der Waals surface area contributed by atoms with Crippen molar-refractivity contribution < 1.29 is 0 Å². The minimum absolute atomic E-state index is 0.0411. The smallest absolute Gasteiger partial charge is 0.0541 e. The number of hydrogen-bond acceptors (Lipinski definition) is 0. The third-order valence-electron chi connectivity index (χ3n) is 17.2. The van der Waals surface area contributed by atoms with Crippen LogP contribution in [0, 0.1) is 0 Å². The Morgan fingerprint density at radius 1 is 0.253 bits per heavy atom. The van der Waals surface area contributed by atoms with E-state index in [1.165, 1.54) is 169 Å². The van der Waals surface area contributed by atoms with Gasteiger partial charge in [0.2, 0.25) is 0 Å². The number of benzene rings is 12. The van der Waals surface area contributed by atoms with E-state index in [1.54, 1.807) is 0 Å². The van der Waals surface area contributed by atoms with Crippen molar-refractivity contribution in [1.29, 1.82) is 0 Å². The number of rotatable bonds is 6. The highest BCUT2D eigenvalue weighted by Crippen LogP contribution is 2.58. The van der Waals surface area contributed by atoms with Crippen LogP contribution >= 0.6 is 0 Å². The van der Waals surface area contributed by atoms with Crippen LogP contribution in [0.15, 0.2) is 255 Å². The van der Waals surface area contributed by atoms with E-state index in [1.807, 2.05) is 0 Å². The highest BCUT2D eigenvalue weighted by atomic mass is 15.0. The normalized spacial score (nSPS) is 13.8. The second-order valence-electron chi connectivity index (χ2n) is 21.2. The van der Waals surface area contributed by atoms with Gasteiger partial charge in [-0.05, 0) is 174 Å². The summed E-state index contributed by atoms with van der Waals surface area (Å²) in [6.07, 6.45) is 4.90. The van der Waals surface area contributed by atoms with Crippen LogP contribution in [0.3, 0.4) is 0 Å². The van der Waals surface area contributed by atoms with Crippen LogP contribution in [0.4, 0.5) is 0 Å². The third-order valence-corrected chi connectivity index (χ3v) is 17.2. The van der Waals surface area contributed by atoms with Crippen molar-refractivity contribution in [2.24, 2.45) is 0 Å². The molecular weight excluding hydrogens is 905 g/mol. The molecule has 0 saturated heterocycles. The van der Waals surface area contributed by atoms with Crippen LogP contribution in [0.25, 0.3) is 132 Å². The Morgan fingerprint density at radius 3 is 1.04 bits per heavy atom. The predicted molar refractivity (Wildman–Crippen MR) is 317 cm³/mol. The summed E-state index contributed by atoms with van der Waals surface area (Å²) in [4.78, 5) is 0. The molecule has 1 saturated carbocycles. The van der Waals surface area contributed by atoms with E-state index in [0.29, 0.717) is 0 Å². The molecule has 2 heteroatoms. The summed E-state index contributed by atoms with van der Waals surface area (Å²) in [6.45, 7) is 0. The van der Waals surface area contributed by atoms with Crippen molar-refractivity contribution in [3.63, 3.8) is 0 Å². The SMILES string of the molecule is c1ccc2cc(-n3c4ccccc4c4cc(-c5ccc(-c6ccc7c(c6)C6(CCCC6)c6cc(-c8ccc(-c9ccc%10c(c9)c9ccccc9n%10-c9ccc%10ccccc%10c9)cc8)ccc6-7)cc5)ccc43)ccc2c1. The molecule has 352 valence electrons. The molecule has 2 aliphatic carbocycles. The zero-order valence-corrected chi connectivity index (χ0v) is 41.5. The number of aromatic nitrogens is 2. The summed E-state index contributed by atoms with van der Waals surface area (Å²) in [5, 5.41) is 10.1. The Hall–Kier alpha value is -9.24. The lowest BCUT2D eigenvalue weighted by Crippen LogP contribution is -2.20. The standard InChI is InChI=1S/C73H50N2/c1-3-13-53-41-59(33-27-47(53)11-1)74-69-17-7-5-15-63(69)65-43-55(31-37-71(65)74)49-19-23-51(24-20-49)57-29-35-61-62-36-30-58(46-68(62)73(67(61)45-57)39-9-10-40-73)52-25-21-50(22-26-52)56-32-38-72-66(44-56)64-16-6-8-18-70(64)75(72)60-34-28-48-12-2-4-14-54(48)42-60/h1-8,11-38,41-46H,9-10,39-40H2. The first kappa shape index (κ1) is 42.3. The molecule has 1 fully saturated rings. The molecule has 16 rings (SSSR count). The summed E-state index contributed by atoms with van der Waals surface area (Å²) in [5.41, 5.74) is 23.2. The molecule has 0 aliphatic heterocycles. The Morgan fingerprint density at radius 2 is 0.600 bits per heavy atom. The van der Waals surface area contributed by atoms with E-state index in [4.69, 9.17) is 0 Å². The molecule has 2 aliphatic rings. The molecule has 0 bridgehead atoms. The van der Waals surface area contributed by atoms with Crippen LogP contribution in [0.5, 0.6) is 0 Å². The van der Waals surface area contributed by atoms with Gasteiger partial charge in [0.15, 0.2) is 0 Å². The van der Waals surface area contributed by atoms with Gasteiger partial charge < -0.3 is 9.13 Å². The maximum atomic E-state index is 2.54. The van der Waals surface area contributed by atoms with Crippen molar-refractivity contribution >= 4 is 65.2 Å². The molecule has 0 N–H and O–H groups in total. The third kappa shape index (κ3) is 6.52. The maximum Gasteiger partial charge on any atom is 0.0541 e. The predicted octanol–water partition coefficient (Wildman–Crippen LogP) is 19.7. The van der Waals surface area contributed by atoms with Gasteiger partial charge >= 0.3 is 0 Å². The van der Waals surface area contributed by atoms with Gasteiger partial charge in [0.05, 0.1) is 22.1 Å². The number of hydrogen-bond donors (Lipinski definition) is 0. The lowest BCUT2D eigenvalue weighted by molar-refractivity contribution is 0.550. The van der Waals surface area contributed by atoms with E-state index >= 15 is 0 Å². The summed E-state index contributed by atoms with van der Waals surface area (Å²) in [7, 11) is 0. The van der Waals surface area contributed by atoms with Gasteiger partial charge in [0, 0.05) is 38.3 Å². The zero-order valence-electron chi connectivity index (χ0n) is 41.5. The van der Waals surface area contributed by atoms with Crippen molar-refractivity contribution in [3.8, 4) is 67.0 Å². The highest BCUT2D eigenvalue weighted by Gasteiger charge is 2.45. The first-order chi connectivity index (χ1) is 37.1. The van der Waals surface area contributed by atoms with Gasteiger partial charge in [-0.25, -0.2) is 0 Å². The molecule has 0 radical (unpaired) electrons. The topological polar surface area (TPSA) is 9.86 Å². The van der Waals surface area contributed by atoms with Gasteiger partial charge in [0.1, 0.15) is 0 Å². The average Bonchev–Trinajstić information content (AvgIpc) is 4.27. The fourth-order valence-electron chi connectivity index (χ4n) is 13.6. The number of fused-ring (bicyclic) bond motifs is 13. The molecule has 2 nitrogen and oxygen atoms in total. The monoisotopic (exact) mass is 954 g/mol. The van der Waals surface area contributed by atoms with Crippen molar-refractivity contribution in [2.75, 3.05) is 0 Å². The molecule has 75 heavy (non-hydrogen) atoms. The van der Waals surface area contributed by atoms with Crippen LogP contribution in [0.1, 0.15) is 36.8 Å². The second-order valence-corrected chi connectivity index (χ2v) is 21.2. The van der Waals surface area contributed by atoms with E-state index in [-0.39, 0.29) is 5.41 Å². The van der Waals surface area contributed by atoms with Gasteiger partial charge in [0.25, 0.3) is 0 Å². The van der Waals surface area contributed by atoms with Crippen LogP contribution < -0.4 is 0 Å². The van der Waals surface area contributed by atoms with Crippen LogP contribution in [0.2, 0.25) is 0 Å². The summed E-state index contributed by atoms with van der Waals surface area (Å²) >= 11 is 0. The summed E-state index contributed by atoms with van der Waals surface area (Å²) in [5.74, 6) is 0. The fraction of sp³-hybridized carbons (Fsp3) is 0.0685. The first-order valence-electron chi connectivity index (χ1n) is 26.7. The second kappa shape index (κ2) is 16.4. The Balaban J connectivity index is 0.693. The molecule has 0 amide bonds. The van der Waals surface area contributed by atoms with Gasteiger partial charge in [-0.3, -0.25) is 0 Å². The molecule has 0 atom stereocenters. The van der Waals surface area contributed by atoms with Crippen molar-refractivity contribution in [2.45, 2.75) is 31.1 Å². The maximum absolute atomic E-state index is 2.54.